The number of carbonyl (C=O) groups is 1. The summed E-state index contributed by atoms with van der Waals surface area (Å²) in [7, 11) is -3.11. The minimum absolute atomic E-state index is 0.0140. The van der Waals surface area contributed by atoms with E-state index in [1.807, 2.05) is 11.3 Å². The third-order valence-electron chi connectivity index (χ3n) is 5.48. The highest BCUT2D eigenvalue weighted by molar-refractivity contribution is 7.92. The Balaban J connectivity index is 1.40. The first-order valence-corrected chi connectivity index (χ1v) is 11.8. The number of rotatable bonds is 7. The summed E-state index contributed by atoms with van der Waals surface area (Å²) < 4.78 is 24.5. The normalized spacial score (nSPS) is 20.4. The van der Waals surface area contributed by atoms with Crippen LogP contribution in [-0.4, -0.2) is 49.4 Å². The standard InChI is InChI=1S/C18H28N2O3S2/c1-14(20-9-6-17-15(13-20)7-10-24-17)12-19-18(21)8-11-25(22,23)16-4-2-3-5-16/h7,10,14,16H,2-6,8-9,11-13H2,1H3,(H,19,21). The Bertz CT molecular complexity index is 693. The van der Waals surface area contributed by atoms with Gasteiger partial charge in [-0.2, -0.15) is 0 Å². The zero-order valence-electron chi connectivity index (χ0n) is 14.9. The fourth-order valence-corrected chi connectivity index (χ4v) is 6.52. The molecule has 0 radical (unpaired) electrons. The van der Waals surface area contributed by atoms with E-state index < -0.39 is 9.84 Å². The molecule has 1 N–H and O–H groups in total. The van der Waals surface area contributed by atoms with Gasteiger partial charge in [-0.25, -0.2) is 8.42 Å². The van der Waals surface area contributed by atoms with Gasteiger partial charge in [0.1, 0.15) is 0 Å². The molecule has 3 rings (SSSR count). The van der Waals surface area contributed by atoms with E-state index in [1.165, 1.54) is 10.4 Å². The second-order valence-corrected chi connectivity index (χ2v) is 10.7. The van der Waals surface area contributed by atoms with Crippen LogP contribution in [0.4, 0.5) is 0 Å². The zero-order valence-corrected chi connectivity index (χ0v) is 16.5. The van der Waals surface area contributed by atoms with E-state index in [4.69, 9.17) is 0 Å². The van der Waals surface area contributed by atoms with Gasteiger partial charge in [-0.05, 0) is 43.2 Å². The van der Waals surface area contributed by atoms with Gasteiger partial charge in [0.05, 0.1) is 11.0 Å². The molecule has 140 valence electrons. The molecule has 0 aromatic carbocycles. The molecule has 2 heterocycles. The van der Waals surface area contributed by atoms with Crippen LogP contribution < -0.4 is 5.32 Å². The number of hydrogen-bond donors (Lipinski definition) is 1. The lowest BCUT2D eigenvalue weighted by Crippen LogP contribution is -2.44. The molecule has 7 heteroatoms. The highest BCUT2D eigenvalue weighted by Gasteiger charge is 2.29. The Kier molecular flexibility index (Phi) is 6.17. The van der Waals surface area contributed by atoms with Crippen LogP contribution in [0.5, 0.6) is 0 Å². The largest absolute Gasteiger partial charge is 0.355 e. The molecule has 1 saturated carbocycles. The average Bonchev–Trinajstić information content (AvgIpc) is 3.28. The molecule has 0 spiro atoms. The van der Waals surface area contributed by atoms with Gasteiger partial charge in [0.15, 0.2) is 9.84 Å². The molecular formula is C18H28N2O3S2. The van der Waals surface area contributed by atoms with E-state index in [9.17, 15) is 13.2 Å². The van der Waals surface area contributed by atoms with Crippen LogP contribution in [0.15, 0.2) is 11.4 Å². The molecule has 0 bridgehead atoms. The maximum Gasteiger partial charge on any atom is 0.221 e. The Labute approximate surface area is 154 Å². The van der Waals surface area contributed by atoms with Crippen molar-refractivity contribution < 1.29 is 13.2 Å². The van der Waals surface area contributed by atoms with Crippen molar-refractivity contribution in [2.45, 2.75) is 63.3 Å². The van der Waals surface area contributed by atoms with Crippen LogP contribution >= 0.6 is 11.3 Å². The molecule has 5 nitrogen and oxygen atoms in total. The quantitative estimate of drug-likeness (QED) is 0.784. The number of nitrogens with one attached hydrogen (secondary N) is 1. The zero-order chi connectivity index (χ0) is 17.9. The summed E-state index contributed by atoms with van der Waals surface area (Å²) in [4.78, 5) is 15.9. The van der Waals surface area contributed by atoms with Crippen LogP contribution in [0.1, 0.15) is 49.5 Å². The Hall–Kier alpha value is -0.920. The van der Waals surface area contributed by atoms with E-state index in [0.29, 0.717) is 6.54 Å². The Morgan fingerprint density at radius 3 is 2.92 bits per heavy atom. The molecule has 1 aliphatic heterocycles. The lowest BCUT2D eigenvalue weighted by Gasteiger charge is -2.32. The van der Waals surface area contributed by atoms with E-state index in [2.05, 4.69) is 28.6 Å². The van der Waals surface area contributed by atoms with Gasteiger partial charge < -0.3 is 5.32 Å². The minimum atomic E-state index is -3.11. The fraction of sp³-hybridized carbons (Fsp3) is 0.722. The predicted octanol–water partition coefficient (Wildman–Crippen LogP) is 2.36. The first kappa shape index (κ1) is 18.9. The third-order valence-corrected chi connectivity index (χ3v) is 8.76. The lowest BCUT2D eigenvalue weighted by molar-refractivity contribution is -0.120. The van der Waals surface area contributed by atoms with Crippen LogP contribution in [0.2, 0.25) is 0 Å². The second kappa shape index (κ2) is 8.18. The van der Waals surface area contributed by atoms with Crippen molar-refractivity contribution in [1.82, 2.24) is 10.2 Å². The predicted molar refractivity (Wildman–Crippen MR) is 102 cm³/mol. The highest BCUT2D eigenvalue weighted by Crippen LogP contribution is 2.26. The number of thiophene rings is 1. The second-order valence-electron chi connectivity index (χ2n) is 7.27. The van der Waals surface area contributed by atoms with Crippen molar-refractivity contribution in [3.8, 4) is 0 Å². The summed E-state index contributed by atoms with van der Waals surface area (Å²) in [5.41, 5.74) is 1.40. The van der Waals surface area contributed by atoms with Gasteiger partial charge in [-0.3, -0.25) is 9.69 Å². The molecule has 1 aromatic heterocycles. The number of carbonyl (C=O) groups excluding carboxylic acids is 1. The molecule has 1 atom stereocenters. The molecule has 0 saturated heterocycles. The van der Waals surface area contributed by atoms with Crippen molar-refractivity contribution in [3.05, 3.63) is 21.9 Å². The smallest absolute Gasteiger partial charge is 0.221 e. The summed E-state index contributed by atoms with van der Waals surface area (Å²) in [6.45, 7) is 4.64. The minimum Gasteiger partial charge on any atom is -0.355 e. The maximum absolute atomic E-state index is 12.2. The Morgan fingerprint density at radius 2 is 2.16 bits per heavy atom. The van der Waals surface area contributed by atoms with Crippen molar-refractivity contribution in [2.24, 2.45) is 0 Å². The molecule has 2 aliphatic rings. The van der Waals surface area contributed by atoms with Gasteiger partial charge in [-0.1, -0.05) is 12.8 Å². The summed E-state index contributed by atoms with van der Waals surface area (Å²) in [6.07, 6.45) is 4.68. The SMILES string of the molecule is CC(CNC(=O)CCS(=O)(=O)C1CCCC1)N1CCc2sccc2C1. The molecule has 1 unspecified atom stereocenters. The summed E-state index contributed by atoms with van der Waals surface area (Å²) >= 11 is 1.82. The van der Waals surface area contributed by atoms with Gasteiger partial charge >= 0.3 is 0 Å². The van der Waals surface area contributed by atoms with E-state index >= 15 is 0 Å². The number of nitrogens with zero attached hydrogens (tertiary/aromatic N) is 1. The van der Waals surface area contributed by atoms with Crippen molar-refractivity contribution >= 4 is 27.1 Å². The number of hydrogen-bond acceptors (Lipinski definition) is 5. The molecular weight excluding hydrogens is 356 g/mol. The van der Waals surface area contributed by atoms with E-state index in [1.54, 1.807) is 0 Å². The van der Waals surface area contributed by atoms with E-state index in [-0.39, 0.29) is 29.4 Å². The summed E-state index contributed by atoms with van der Waals surface area (Å²) in [5.74, 6) is -0.165. The van der Waals surface area contributed by atoms with Crippen molar-refractivity contribution in [3.63, 3.8) is 0 Å². The van der Waals surface area contributed by atoms with Crippen LogP contribution in [0.3, 0.4) is 0 Å². The van der Waals surface area contributed by atoms with Gasteiger partial charge in [0.25, 0.3) is 0 Å². The molecule has 1 aliphatic carbocycles. The van der Waals surface area contributed by atoms with Crippen molar-refractivity contribution in [2.75, 3.05) is 18.8 Å². The van der Waals surface area contributed by atoms with Gasteiger partial charge in [0.2, 0.25) is 5.91 Å². The maximum atomic E-state index is 12.2. The Morgan fingerprint density at radius 1 is 1.40 bits per heavy atom. The first-order chi connectivity index (χ1) is 12.0. The third kappa shape index (κ3) is 4.83. The number of fused-ring (bicyclic) bond motifs is 1. The highest BCUT2D eigenvalue weighted by atomic mass is 32.2. The van der Waals surface area contributed by atoms with Gasteiger partial charge in [-0.15, -0.1) is 11.3 Å². The molecule has 1 aromatic rings. The molecule has 1 amide bonds. The number of amides is 1. The van der Waals surface area contributed by atoms with E-state index in [0.717, 1.165) is 45.2 Å². The number of sulfone groups is 1. The first-order valence-electron chi connectivity index (χ1n) is 9.23. The van der Waals surface area contributed by atoms with Crippen LogP contribution in [-0.2, 0) is 27.6 Å². The average molecular weight is 385 g/mol. The molecule has 25 heavy (non-hydrogen) atoms. The van der Waals surface area contributed by atoms with Crippen LogP contribution in [0, 0.1) is 0 Å². The summed E-state index contributed by atoms with van der Waals surface area (Å²) in [6, 6.07) is 2.44. The monoisotopic (exact) mass is 384 g/mol. The topological polar surface area (TPSA) is 66.5 Å². The van der Waals surface area contributed by atoms with Gasteiger partial charge in [0, 0.05) is 37.0 Å². The molecule has 1 fully saturated rings. The fourth-order valence-electron chi connectivity index (χ4n) is 3.77. The van der Waals surface area contributed by atoms with Crippen LogP contribution in [0.25, 0.3) is 0 Å². The summed E-state index contributed by atoms with van der Waals surface area (Å²) in [5, 5.41) is 4.85. The van der Waals surface area contributed by atoms with Crippen molar-refractivity contribution in [1.29, 1.82) is 0 Å². The lowest BCUT2D eigenvalue weighted by atomic mass is 10.1.